The van der Waals surface area contributed by atoms with Crippen LogP contribution in [0.5, 0.6) is 0 Å². The molecule has 0 unspecified atom stereocenters. The number of nitrogens with zero attached hydrogens (tertiary/aromatic N) is 1. The van der Waals surface area contributed by atoms with E-state index in [1.54, 1.807) is 6.20 Å². The van der Waals surface area contributed by atoms with Crippen molar-refractivity contribution >= 4 is 0 Å². The number of rotatable bonds is 2. The lowest BCUT2D eigenvalue weighted by atomic mass is 10.0. The molecule has 14 heavy (non-hydrogen) atoms. The van der Waals surface area contributed by atoms with Gasteiger partial charge in [0, 0.05) is 18.8 Å². The SMILES string of the molecule is Cc1ccc(Cc2ncc[nH]2)c(C)c1. The molecule has 0 spiro atoms. The summed E-state index contributed by atoms with van der Waals surface area (Å²) >= 11 is 0. The maximum atomic E-state index is 4.22. The van der Waals surface area contributed by atoms with Gasteiger partial charge < -0.3 is 4.98 Å². The molecular formula is C12H14N2. The molecule has 0 aliphatic carbocycles. The summed E-state index contributed by atoms with van der Waals surface area (Å²) in [5, 5.41) is 0. The zero-order chi connectivity index (χ0) is 9.97. The Morgan fingerprint density at radius 2 is 2.14 bits per heavy atom. The summed E-state index contributed by atoms with van der Waals surface area (Å²) < 4.78 is 0. The molecule has 2 aromatic rings. The van der Waals surface area contributed by atoms with Gasteiger partial charge in [-0.05, 0) is 25.0 Å². The number of benzene rings is 1. The monoisotopic (exact) mass is 186 g/mol. The van der Waals surface area contributed by atoms with Crippen LogP contribution in [0.2, 0.25) is 0 Å². The van der Waals surface area contributed by atoms with Crippen molar-refractivity contribution in [1.82, 2.24) is 9.97 Å². The third kappa shape index (κ3) is 1.84. The van der Waals surface area contributed by atoms with Gasteiger partial charge in [0.2, 0.25) is 0 Å². The Bertz CT molecular complexity index is 416. The molecule has 0 amide bonds. The molecule has 0 fully saturated rings. The first-order valence-corrected chi connectivity index (χ1v) is 4.80. The predicted octanol–water partition coefficient (Wildman–Crippen LogP) is 2.62. The lowest BCUT2D eigenvalue weighted by Crippen LogP contribution is -1.94. The largest absolute Gasteiger partial charge is 0.348 e. The molecule has 0 aliphatic heterocycles. The van der Waals surface area contributed by atoms with Gasteiger partial charge in [0.15, 0.2) is 0 Å². The summed E-state index contributed by atoms with van der Waals surface area (Å²) in [7, 11) is 0. The van der Waals surface area contributed by atoms with Gasteiger partial charge >= 0.3 is 0 Å². The van der Waals surface area contributed by atoms with Crippen LogP contribution in [0.1, 0.15) is 22.5 Å². The fourth-order valence-electron chi connectivity index (χ4n) is 1.62. The van der Waals surface area contributed by atoms with Crippen LogP contribution in [-0.4, -0.2) is 9.97 Å². The van der Waals surface area contributed by atoms with Crippen molar-refractivity contribution < 1.29 is 0 Å². The first kappa shape index (κ1) is 9.00. The summed E-state index contributed by atoms with van der Waals surface area (Å²) in [5.74, 6) is 1.02. The maximum absolute atomic E-state index is 4.22. The van der Waals surface area contributed by atoms with E-state index >= 15 is 0 Å². The number of hydrogen-bond acceptors (Lipinski definition) is 1. The maximum Gasteiger partial charge on any atom is 0.110 e. The molecular weight excluding hydrogens is 172 g/mol. The van der Waals surface area contributed by atoms with Gasteiger partial charge in [-0.3, -0.25) is 0 Å². The molecule has 0 saturated carbocycles. The fraction of sp³-hybridized carbons (Fsp3) is 0.250. The number of H-pyrrole nitrogens is 1. The minimum atomic E-state index is 0.888. The lowest BCUT2D eigenvalue weighted by Gasteiger charge is -2.04. The van der Waals surface area contributed by atoms with Crippen molar-refractivity contribution in [2.45, 2.75) is 20.3 Å². The number of aromatic nitrogens is 2. The highest BCUT2D eigenvalue weighted by Crippen LogP contribution is 2.13. The Hall–Kier alpha value is -1.57. The van der Waals surface area contributed by atoms with Crippen LogP contribution in [0.25, 0.3) is 0 Å². The Morgan fingerprint density at radius 1 is 1.29 bits per heavy atom. The number of nitrogens with one attached hydrogen (secondary N) is 1. The van der Waals surface area contributed by atoms with Crippen molar-refractivity contribution in [3.63, 3.8) is 0 Å². The fourth-order valence-corrected chi connectivity index (χ4v) is 1.62. The summed E-state index contributed by atoms with van der Waals surface area (Å²) in [4.78, 5) is 7.34. The van der Waals surface area contributed by atoms with Crippen molar-refractivity contribution in [3.05, 3.63) is 53.1 Å². The van der Waals surface area contributed by atoms with Crippen LogP contribution in [0.4, 0.5) is 0 Å². The summed E-state index contributed by atoms with van der Waals surface area (Å²) in [6.45, 7) is 4.26. The summed E-state index contributed by atoms with van der Waals surface area (Å²) in [6.07, 6.45) is 4.54. The number of aryl methyl sites for hydroxylation is 2. The first-order valence-electron chi connectivity index (χ1n) is 4.80. The van der Waals surface area contributed by atoms with Crippen LogP contribution in [-0.2, 0) is 6.42 Å². The molecule has 0 atom stereocenters. The van der Waals surface area contributed by atoms with Crippen molar-refractivity contribution in [2.75, 3.05) is 0 Å². The van der Waals surface area contributed by atoms with Gasteiger partial charge in [-0.2, -0.15) is 0 Å². The number of aromatic amines is 1. The van der Waals surface area contributed by atoms with Crippen molar-refractivity contribution in [2.24, 2.45) is 0 Å². The molecule has 2 nitrogen and oxygen atoms in total. The minimum Gasteiger partial charge on any atom is -0.348 e. The highest BCUT2D eigenvalue weighted by Gasteiger charge is 2.01. The molecule has 1 N–H and O–H groups in total. The topological polar surface area (TPSA) is 28.7 Å². The number of imidazole rings is 1. The van der Waals surface area contributed by atoms with Crippen LogP contribution in [0, 0.1) is 13.8 Å². The van der Waals surface area contributed by atoms with E-state index in [-0.39, 0.29) is 0 Å². The third-order valence-corrected chi connectivity index (χ3v) is 2.41. The smallest absolute Gasteiger partial charge is 0.110 e. The Morgan fingerprint density at radius 3 is 2.79 bits per heavy atom. The molecule has 1 aromatic carbocycles. The van der Waals surface area contributed by atoms with E-state index in [1.165, 1.54) is 16.7 Å². The van der Waals surface area contributed by atoms with Crippen LogP contribution in [0.3, 0.4) is 0 Å². The van der Waals surface area contributed by atoms with E-state index in [4.69, 9.17) is 0 Å². The van der Waals surface area contributed by atoms with Gasteiger partial charge in [0.05, 0.1) is 0 Å². The second kappa shape index (κ2) is 3.66. The van der Waals surface area contributed by atoms with Crippen LogP contribution in [0.15, 0.2) is 30.6 Å². The van der Waals surface area contributed by atoms with E-state index in [9.17, 15) is 0 Å². The second-order valence-corrected chi connectivity index (χ2v) is 3.64. The Labute approximate surface area is 84.0 Å². The second-order valence-electron chi connectivity index (χ2n) is 3.64. The molecule has 2 heteroatoms. The van der Waals surface area contributed by atoms with Gasteiger partial charge in [-0.25, -0.2) is 4.98 Å². The predicted molar refractivity (Wildman–Crippen MR) is 57.3 cm³/mol. The highest BCUT2D eigenvalue weighted by molar-refractivity contribution is 5.32. The van der Waals surface area contributed by atoms with Crippen molar-refractivity contribution in [1.29, 1.82) is 0 Å². The average molecular weight is 186 g/mol. The molecule has 0 bridgehead atoms. The molecule has 0 saturated heterocycles. The summed E-state index contributed by atoms with van der Waals surface area (Å²) in [5.41, 5.74) is 3.98. The van der Waals surface area contributed by atoms with Gasteiger partial charge in [-0.1, -0.05) is 23.8 Å². The van der Waals surface area contributed by atoms with Crippen LogP contribution < -0.4 is 0 Å². The minimum absolute atomic E-state index is 0.888. The first-order chi connectivity index (χ1) is 6.75. The standard InChI is InChI=1S/C12H14N2/c1-9-3-4-11(10(2)7-9)8-12-13-5-6-14-12/h3-7H,8H2,1-2H3,(H,13,14). The van der Waals surface area contributed by atoms with E-state index in [2.05, 4.69) is 42.0 Å². The van der Waals surface area contributed by atoms with E-state index < -0.39 is 0 Å². The quantitative estimate of drug-likeness (QED) is 0.767. The van der Waals surface area contributed by atoms with Crippen molar-refractivity contribution in [3.8, 4) is 0 Å². The average Bonchev–Trinajstić information content (AvgIpc) is 2.62. The molecule has 1 heterocycles. The third-order valence-electron chi connectivity index (χ3n) is 2.41. The highest BCUT2D eigenvalue weighted by atomic mass is 14.9. The number of hydrogen-bond donors (Lipinski definition) is 1. The van der Waals surface area contributed by atoms with Gasteiger partial charge in [-0.15, -0.1) is 0 Å². The van der Waals surface area contributed by atoms with Crippen LogP contribution >= 0.6 is 0 Å². The normalized spacial score (nSPS) is 10.4. The molecule has 72 valence electrons. The van der Waals surface area contributed by atoms with E-state index in [0.29, 0.717) is 0 Å². The molecule has 0 aliphatic rings. The van der Waals surface area contributed by atoms with Gasteiger partial charge in [0.1, 0.15) is 5.82 Å². The molecule has 2 rings (SSSR count). The lowest BCUT2D eigenvalue weighted by molar-refractivity contribution is 1.01. The molecule has 0 radical (unpaired) electrons. The summed E-state index contributed by atoms with van der Waals surface area (Å²) in [6, 6.07) is 6.52. The van der Waals surface area contributed by atoms with Gasteiger partial charge in [0.25, 0.3) is 0 Å². The molecule has 1 aromatic heterocycles. The zero-order valence-corrected chi connectivity index (χ0v) is 8.54. The van der Waals surface area contributed by atoms with E-state index in [0.717, 1.165) is 12.2 Å². The Balaban J connectivity index is 2.25. The van der Waals surface area contributed by atoms with E-state index in [1.807, 2.05) is 6.20 Å². The Kier molecular flexibility index (Phi) is 2.35. The zero-order valence-electron chi connectivity index (χ0n) is 8.54.